The Bertz CT molecular complexity index is 915. The van der Waals surface area contributed by atoms with Gasteiger partial charge >= 0.3 is 0 Å². The molecule has 0 aromatic heterocycles. The van der Waals surface area contributed by atoms with Crippen molar-refractivity contribution in [3.63, 3.8) is 0 Å². The summed E-state index contributed by atoms with van der Waals surface area (Å²) in [4.78, 5) is 12.7. The first-order valence-electron chi connectivity index (χ1n) is 8.57. The standard InChI is InChI=1S/C19H22N2O5S/c1-25-17-11-10-15(13-18(17)26-2)27(23,24)21-12-6-9-16(21)19(22)20-14-7-4-3-5-8-14/h3-5,7-8,10-11,13,16H,6,9,12H2,1-2H3,(H,20,22). The van der Waals surface area contributed by atoms with Gasteiger partial charge in [-0.1, -0.05) is 18.2 Å². The maximum atomic E-state index is 13.1. The normalized spacial score (nSPS) is 17.5. The van der Waals surface area contributed by atoms with Crippen LogP contribution >= 0.6 is 0 Å². The molecule has 1 N–H and O–H groups in total. The number of ether oxygens (including phenoxy) is 2. The lowest BCUT2D eigenvalue weighted by molar-refractivity contribution is -0.119. The molecule has 0 spiro atoms. The fourth-order valence-electron chi connectivity index (χ4n) is 3.15. The Morgan fingerprint density at radius 2 is 1.78 bits per heavy atom. The van der Waals surface area contributed by atoms with Gasteiger partial charge in [-0.05, 0) is 37.1 Å². The number of rotatable bonds is 6. The number of para-hydroxylation sites is 1. The fraction of sp³-hybridized carbons (Fsp3) is 0.316. The topological polar surface area (TPSA) is 84.9 Å². The molecule has 3 rings (SSSR count). The van der Waals surface area contributed by atoms with Gasteiger partial charge in [0, 0.05) is 18.3 Å². The second-order valence-corrected chi connectivity index (χ2v) is 8.04. The molecule has 1 heterocycles. The van der Waals surface area contributed by atoms with Crippen LogP contribution in [-0.2, 0) is 14.8 Å². The maximum Gasteiger partial charge on any atom is 0.243 e. The number of hydrogen-bond acceptors (Lipinski definition) is 5. The lowest BCUT2D eigenvalue weighted by Crippen LogP contribution is -2.43. The SMILES string of the molecule is COc1ccc(S(=O)(=O)N2CCCC2C(=O)Nc2ccccc2)cc1OC. The van der Waals surface area contributed by atoms with Gasteiger partial charge in [-0.15, -0.1) is 0 Å². The van der Waals surface area contributed by atoms with Crippen molar-refractivity contribution in [2.24, 2.45) is 0 Å². The molecule has 1 amide bonds. The molecule has 1 unspecified atom stereocenters. The van der Waals surface area contributed by atoms with Gasteiger partial charge in [-0.2, -0.15) is 4.31 Å². The summed E-state index contributed by atoms with van der Waals surface area (Å²) < 4.78 is 37.9. The summed E-state index contributed by atoms with van der Waals surface area (Å²) in [7, 11) is -0.919. The second kappa shape index (κ2) is 7.98. The van der Waals surface area contributed by atoms with Crippen molar-refractivity contribution in [2.75, 3.05) is 26.1 Å². The number of carbonyl (C=O) groups excluding carboxylic acids is 1. The number of benzene rings is 2. The molecule has 1 atom stereocenters. The summed E-state index contributed by atoms with van der Waals surface area (Å²) in [6.45, 7) is 0.295. The van der Waals surface area contributed by atoms with Gasteiger partial charge in [0.1, 0.15) is 6.04 Å². The fourth-order valence-corrected chi connectivity index (χ4v) is 4.82. The summed E-state index contributed by atoms with van der Waals surface area (Å²) in [6.07, 6.45) is 1.10. The number of anilines is 1. The van der Waals surface area contributed by atoms with Gasteiger partial charge in [-0.25, -0.2) is 8.42 Å². The zero-order valence-electron chi connectivity index (χ0n) is 15.2. The minimum atomic E-state index is -3.85. The van der Waals surface area contributed by atoms with Gasteiger partial charge in [0.2, 0.25) is 15.9 Å². The third-order valence-electron chi connectivity index (χ3n) is 4.51. The average Bonchev–Trinajstić information content (AvgIpc) is 3.19. The molecule has 1 aliphatic rings. The van der Waals surface area contributed by atoms with E-state index in [1.165, 1.54) is 30.7 Å². The smallest absolute Gasteiger partial charge is 0.243 e. The highest BCUT2D eigenvalue weighted by Crippen LogP contribution is 2.33. The van der Waals surface area contributed by atoms with Crippen molar-refractivity contribution in [1.29, 1.82) is 0 Å². The first kappa shape index (κ1) is 19.2. The third-order valence-corrected chi connectivity index (χ3v) is 6.41. The molecule has 7 nitrogen and oxygen atoms in total. The second-order valence-electron chi connectivity index (χ2n) is 6.15. The first-order chi connectivity index (χ1) is 13.0. The molecule has 1 aliphatic heterocycles. The number of methoxy groups -OCH3 is 2. The number of hydrogen-bond donors (Lipinski definition) is 1. The molecular formula is C19H22N2O5S. The van der Waals surface area contributed by atoms with Crippen LogP contribution in [0.15, 0.2) is 53.4 Å². The van der Waals surface area contributed by atoms with E-state index in [0.717, 1.165) is 0 Å². The van der Waals surface area contributed by atoms with Crippen molar-refractivity contribution in [3.05, 3.63) is 48.5 Å². The molecule has 0 bridgehead atoms. The predicted octanol–water partition coefficient (Wildman–Crippen LogP) is 2.50. The molecule has 27 heavy (non-hydrogen) atoms. The Hall–Kier alpha value is -2.58. The monoisotopic (exact) mass is 390 g/mol. The Kier molecular flexibility index (Phi) is 5.67. The van der Waals surface area contributed by atoms with Crippen LogP contribution in [0.4, 0.5) is 5.69 Å². The van der Waals surface area contributed by atoms with E-state index in [1.54, 1.807) is 18.2 Å². The summed E-state index contributed by atoms with van der Waals surface area (Å²) in [5.74, 6) is 0.432. The molecule has 0 aliphatic carbocycles. The van der Waals surface area contributed by atoms with Crippen molar-refractivity contribution < 1.29 is 22.7 Å². The van der Waals surface area contributed by atoms with Crippen LogP contribution in [0.1, 0.15) is 12.8 Å². The van der Waals surface area contributed by atoms with Crippen LogP contribution in [0.25, 0.3) is 0 Å². The molecular weight excluding hydrogens is 368 g/mol. The number of carbonyl (C=O) groups is 1. The highest BCUT2D eigenvalue weighted by molar-refractivity contribution is 7.89. The number of sulfonamides is 1. The zero-order valence-corrected chi connectivity index (χ0v) is 16.0. The van der Waals surface area contributed by atoms with E-state index in [0.29, 0.717) is 36.6 Å². The van der Waals surface area contributed by atoms with E-state index in [-0.39, 0.29) is 10.8 Å². The van der Waals surface area contributed by atoms with Gasteiger partial charge in [0.25, 0.3) is 0 Å². The Morgan fingerprint density at radius 3 is 2.44 bits per heavy atom. The van der Waals surface area contributed by atoms with Crippen LogP contribution < -0.4 is 14.8 Å². The first-order valence-corrected chi connectivity index (χ1v) is 10.0. The van der Waals surface area contributed by atoms with Gasteiger partial charge in [-0.3, -0.25) is 4.79 Å². The maximum absolute atomic E-state index is 13.1. The van der Waals surface area contributed by atoms with Crippen LogP contribution in [0.2, 0.25) is 0 Å². The molecule has 1 saturated heterocycles. The lowest BCUT2D eigenvalue weighted by atomic mass is 10.2. The summed E-state index contributed by atoms with van der Waals surface area (Å²) in [5.41, 5.74) is 0.637. The van der Waals surface area contributed by atoms with Gasteiger partial charge in [0.05, 0.1) is 19.1 Å². The van der Waals surface area contributed by atoms with Crippen LogP contribution in [0, 0.1) is 0 Å². The molecule has 144 valence electrons. The number of nitrogens with one attached hydrogen (secondary N) is 1. The lowest BCUT2D eigenvalue weighted by Gasteiger charge is -2.23. The van der Waals surface area contributed by atoms with Crippen LogP contribution in [0.5, 0.6) is 11.5 Å². The highest BCUT2D eigenvalue weighted by atomic mass is 32.2. The largest absolute Gasteiger partial charge is 0.493 e. The van der Waals surface area contributed by atoms with E-state index in [4.69, 9.17) is 9.47 Å². The van der Waals surface area contributed by atoms with Gasteiger partial charge in [0.15, 0.2) is 11.5 Å². The van der Waals surface area contributed by atoms with Crippen molar-refractivity contribution >= 4 is 21.6 Å². The molecule has 0 saturated carbocycles. The summed E-state index contributed by atoms with van der Waals surface area (Å²) in [5, 5.41) is 2.79. The van der Waals surface area contributed by atoms with E-state index >= 15 is 0 Å². The van der Waals surface area contributed by atoms with Crippen LogP contribution in [-0.4, -0.2) is 45.4 Å². The quantitative estimate of drug-likeness (QED) is 0.819. The van der Waals surface area contributed by atoms with Crippen molar-refractivity contribution in [1.82, 2.24) is 4.31 Å². The van der Waals surface area contributed by atoms with E-state index < -0.39 is 16.1 Å². The van der Waals surface area contributed by atoms with E-state index in [9.17, 15) is 13.2 Å². The highest BCUT2D eigenvalue weighted by Gasteiger charge is 2.39. The van der Waals surface area contributed by atoms with Gasteiger partial charge < -0.3 is 14.8 Å². The Morgan fingerprint density at radius 1 is 1.07 bits per heavy atom. The minimum absolute atomic E-state index is 0.0690. The van der Waals surface area contributed by atoms with Crippen molar-refractivity contribution in [3.8, 4) is 11.5 Å². The Labute approximate surface area is 158 Å². The third kappa shape index (κ3) is 3.91. The average molecular weight is 390 g/mol. The summed E-state index contributed by atoms with van der Waals surface area (Å²) in [6, 6.07) is 12.7. The molecule has 2 aromatic carbocycles. The van der Waals surface area contributed by atoms with Crippen LogP contribution in [0.3, 0.4) is 0 Å². The summed E-state index contributed by atoms with van der Waals surface area (Å²) >= 11 is 0. The number of amides is 1. The molecule has 1 fully saturated rings. The van der Waals surface area contributed by atoms with E-state index in [1.807, 2.05) is 18.2 Å². The molecule has 8 heteroatoms. The zero-order chi connectivity index (χ0) is 19.4. The minimum Gasteiger partial charge on any atom is -0.493 e. The molecule has 0 radical (unpaired) electrons. The Balaban J connectivity index is 1.86. The van der Waals surface area contributed by atoms with Crippen molar-refractivity contribution in [2.45, 2.75) is 23.8 Å². The predicted molar refractivity (Wildman–Crippen MR) is 102 cm³/mol. The number of nitrogens with zero attached hydrogens (tertiary/aromatic N) is 1. The van der Waals surface area contributed by atoms with E-state index in [2.05, 4.69) is 5.32 Å². The molecule has 2 aromatic rings.